The molecule has 0 spiro atoms. The molecular formula is C8H18ClFN2O2S. The summed E-state index contributed by atoms with van der Waals surface area (Å²) in [6, 6.07) is 0.246. The molecule has 0 bridgehead atoms. The minimum Gasteiger partial charge on any atom is -0.313 e. The van der Waals surface area contributed by atoms with Gasteiger partial charge in [0, 0.05) is 12.6 Å². The smallest absolute Gasteiger partial charge is 0.211 e. The summed E-state index contributed by atoms with van der Waals surface area (Å²) in [5.74, 6) is -0.115. The third-order valence-corrected chi connectivity index (χ3v) is 3.69. The van der Waals surface area contributed by atoms with Gasteiger partial charge in [0.1, 0.15) is 0 Å². The number of sulfonamides is 1. The fourth-order valence-electron chi connectivity index (χ4n) is 1.48. The molecule has 4 nitrogen and oxygen atoms in total. The molecule has 0 saturated carbocycles. The van der Waals surface area contributed by atoms with Crippen molar-refractivity contribution in [1.29, 1.82) is 0 Å². The second-order valence-electron chi connectivity index (χ2n) is 3.50. The van der Waals surface area contributed by atoms with Gasteiger partial charge in [-0.25, -0.2) is 13.1 Å². The minimum absolute atomic E-state index is 0. The van der Waals surface area contributed by atoms with Crippen LogP contribution in [-0.4, -0.2) is 40.0 Å². The van der Waals surface area contributed by atoms with E-state index in [0.29, 0.717) is 6.54 Å². The van der Waals surface area contributed by atoms with Crippen LogP contribution in [0.25, 0.3) is 0 Å². The number of alkyl halides is 1. The third kappa shape index (κ3) is 6.29. The van der Waals surface area contributed by atoms with Crippen LogP contribution in [-0.2, 0) is 10.0 Å². The highest BCUT2D eigenvalue weighted by atomic mass is 35.5. The van der Waals surface area contributed by atoms with Crippen molar-refractivity contribution in [2.24, 2.45) is 0 Å². The van der Waals surface area contributed by atoms with Gasteiger partial charge >= 0.3 is 0 Å². The van der Waals surface area contributed by atoms with Crippen molar-refractivity contribution in [1.82, 2.24) is 10.0 Å². The summed E-state index contributed by atoms with van der Waals surface area (Å²) in [5.41, 5.74) is 0. The van der Waals surface area contributed by atoms with E-state index in [0.717, 1.165) is 19.4 Å². The highest BCUT2D eigenvalue weighted by Crippen LogP contribution is 2.03. The molecule has 1 atom stereocenters. The first kappa shape index (κ1) is 15.1. The molecule has 1 unspecified atom stereocenters. The molecule has 0 aromatic rings. The molecule has 0 amide bonds. The summed E-state index contributed by atoms with van der Waals surface area (Å²) in [6.07, 6.45) is 2.18. The molecule has 1 fully saturated rings. The summed E-state index contributed by atoms with van der Waals surface area (Å²) in [6.45, 7) is 0.800. The second-order valence-corrected chi connectivity index (χ2v) is 5.43. The molecule has 92 valence electrons. The van der Waals surface area contributed by atoms with Crippen LogP contribution in [0.15, 0.2) is 0 Å². The van der Waals surface area contributed by atoms with E-state index in [1.807, 2.05) is 0 Å². The van der Waals surface area contributed by atoms with Gasteiger partial charge in [-0.2, -0.15) is 0 Å². The Bertz CT molecular complexity index is 255. The van der Waals surface area contributed by atoms with Crippen LogP contribution in [0.2, 0.25) is 0 Å². The molecule has 15 heavy (non-hydrogen) atoms. The van der Waals surface area contributed by atoms with Crippen LogP contribution >= 0.6 is 12.4 Å². The van der Waals surface area contributed by atoms with Crippen LogP contribution in [0.4, 0.5) is 4.39 Å². The Labute approximate surface area is 96.5 Å². The van der Waals surface area contributed by atoms with Gasteiger partial charge in [0.15, 0.2) is 0 Å². The number of halogens is 2. The van der Waals surface area contributed by atoms with Gasteiger partial charge in [-0.05, 0) is 25.8 Å². The zero-order valence-electron chi connectivity index (χ0n) is 8.54. The molecule has 7 heteroatoms. The SMILES string of the molecule is Cl.O=S(=O)(CCCF)NCC1CCCN1. The van der Waals surface area contributed by atoms with E-state index in [4.69, 9.17) is 0 Å². The van der Waals surface area contributed by atoms with E-state index >= 15 is 0 Å². The zero-order valence-corrected chi connectivity index (χ0v) is 10.2. The minimum atomic E-state index is -3.26. The topological polar surface area (TPSA) is 58.2 Å². The van der Waals surface area contributed by atoms with E-state index in [1.54, 1.807) is 0 Å². The maximum Gasteiger partial charge on any atom is 0.211 e. The number of hydrogen-bond acceptors (Lipinski definition) is 3. The Balaban J connectivity index is 0.00000196. The predicted molar refractivity (Wildman–Crippen MR) is 60.7 cm³/mol. The molecule has 1 aliphatic heterocycles. The normalized spacial score (nSPS) is 21.3. The lowest BCUT2D eigenvalue weighted by Gasteiger charge is -2.11. The standard InChI is InChI=1S/C8H17FN2O2S.ClH/c9-4-2-6-14(12,13)11-7-8-3-1-5-10-8;/h8,10-11H,1-7H2;1H. The number of hydrogen-bond donors (Lipinski definition) is 2. The van der Waals surface area contributed by atoms with Gasteiger partial charge in [-0.15, -0.1) is 12.4 Å². The van der Waals surface area contributed by atoms with Crippen molar-refractivity contribution in [2.45, 2.75) is 25.3 Å². The van der Waals surface area contributed by atoms with Crippen LogP contribution < -0.4 is 10.0 Å². The maximum atomic E-state index is 11.8. The fraction of sp³-hybridized carbons (Fsp3) is 1.00. The van der Waals surface area contributed by atoms with Crippen molar-refractivity contribution >= 4 is 22.4 Å². The molecule has 1 rings (SSSR count). The van der Waals surface area contributed by atoms with Crippen molar-refractivity contribution in [3.05, 3.63) is 0 Å². The van der Waals surface area contributed by atoms with Crippen LogP contribution in [0.3, 0.4) is 0 Å². The average Bonchev–Trinajstić information content (AvgIpc) is 2.64. The second kappa shape index (κ2) is 7.38. The Morgan fingerprint density at radius 2 is 2.20 bits per heavy atom. The maximum absolute atomic E-state index is 11.8. The van der Waals surface area contributed by atoms with Crippen molar-refractivity contribution in [3.63, 3.8) is 0 Å². The van der Waals surface area contributed by atoms with Crippen molar-refractivity contribution < 1.29 is 12.8 Å². The molecule has 1 saturated heterocycles. The Morgan fingerprint density at radius 1 is 1.47 bits per heavy atom. The monoisotopic (exact) mass is 260 g/mol. The van der Waals surface area contributed by atoms with Crippen molar-refractivity contribution in [3.8, 4) is 0 Å². The largest absolute Gasteiger partial charge is 0.313 e. The lowest BCUT2D eigenvalue weighted by molar-refractivity contribution is 0.482. The van der Waals surface area contributed by atoms with E-state index in [9.17, 15) is 12.8 Å². The van der Waals surface area contributed by atoms with E-state index < -0.39 is 16.7 Å². The van der Waals surface area contributed by atoms with Gasteiger partial charge in [0.05, 0.1) is 12.4 Å². The highest BCUT2D eigenvalue weighted by Gasteiger charge is 2.17. The van der Waals surface area contributed by atoms with E-state index in [-0.39, 0.29) is 30.6 Å². The fourth-order valence-corrected chi connectivity index (χ4v) is 2.56. The summed E-state index contributed by atoms with van der Waals surface area (Å²) in [5, 5.41) is 3.18. The van der Waals surface area contributed by atoms with E-state index in [2.05, 4.69) is 10.0 Å². The first-order valence-corrected chi connectivity index (χ1v) is 6.56. The van der Waals surface area contributed by atoms with Gasteiger partial charge in [-0.3, -0.25) is 4.39 Å². The summed E-state index contributed by atoms with van der Waals surface area (Å²) in [4.78, 5) is 0. The summed E-state index contributed by atoms with van der Waals surface area (Å²) in [7, 11) is -3.26. The first-order chi connectivity index (χ1) is 6.64. The third-order valence-electron chi connectivity index (χ3n) is 2.26. The molecule has 1 aliphatic rings. The molecule has 1 heterocycles. The molecule has 0 aromatic heterocycles. The molecule has 0 aromatic carbocycles. The average molecular weight is 261 g/mol. The zero-order chi connectivity index (χ0) is 10.4. The van der Waals surface area contributed by atoms with Crippen LogP contribution in [0.1, 0.15) is 19.3 Å². The lowest BCUT2D eigenvalue weighted by Crippen LogP contribution is -2.38. The van der Waals surface area contributed by atoms with Crippen molar-refractivity contribution in [2.75, 3.05) is 25.5 Å². The number of nitrogens with one attached hydrogen (secondary N) is 2. The predicted octanol–water partition coefficient (Wildman–Crippen LogP) is 0.439. The van der Waals surface area contributed by atoms with Gasteiger partial charge in [0.25, 0.3) is 0 Å². The highest BCUT2D eigenvalue weighted by molar-refractivity contribution is 7.89. The number of rotatable bonds is 6. The van der Waals surface area contributed by atoms with Crippen LogP contribution in [0.5, 0.6) is 0 Å². The van der Waals surface area contributed by atoms with Gasteiger partial charge < -0.3 is 5.32 Å². The molecule has 0 aliphatic carbocycles. The van der Waals surface area contributed by atoms with E-state index in [1.165, 1.54) is 0 Å². The summed E-state index contributed by atoms with van der Waals surface area (Å²) >= 11 is 0. The quantitative estimate of drug-likeness (QED) is 0.729. The Hall–Kier alpha value is 0.0900. The lowest BCUT2D eigenvalue weighted by atomic mass is 10.2. The molecular weight excluding hydrogens is 243 g/mol. The van der Waals surface area contributed by atoms with Crippen LogP contribution in [0, 0.1) is 0 Å². The molecule has 2 N–H and O–H groups in total. The Morgan fingerprint density at radius 3 is 2.73 bits per heavy atom. The first-order valence-electron chi connectivity index (χ1n) is 4.91. The summed E-state index contributed by atoms with van der Waals surface area (Å²) < 4.78 is 36.7. The van der Waals surface area contributed by atoms with Gasteiger partial charge in [-0.1, -0.05) is 0 Å². The Kier molecular flexibility index (Phi) is 7.42. The molecule has 0 radical (unpaired) electrons. The van der Waals surface area contributed by atoms with Gasteiger partial charge in [0.2, 0.25) is 10.0 Å².